The molecule has 1 aliphatic heterocycles. The fraction of sp³-hybridized carbons (Fsp3) is 0.646. The van der Waals surface area contributed by atoms with Crippen LogP contribution in [0.25, 0.3) is 5.57 Å². The van der Waals surface area contributed by atoms with E-state index in [2.05, 4.69) is 101 Å². The van der Waals surface area contributed by atoms with E-state index in [4.69, 9.17) is 0 Å². The Morgan fingerprint density at radius 1 is 0.868 bits per heavy atom. The second-order valence-electron chi connectivity index (χ2n) is 17.7. The zero-order valence-electron chi connectivity index (χ0n) is 34.1. The maximum absolute atomic E-state index is 11.5. The van der Waals surface area contributed by atoms with Gasteiger partial charge < -0.3 is 15.7 Å². The van der Waals surface area contributed by atoms with Gasteiger partial charge in [0.25, 0.3) is 0 Å². The molecule has 0 bridgehead atoms. The van der Waals surface area contributed by atoms with Crippen molar-refractivity contribution in [2.24, 2.45) is 45.3 Å². The van der Waals surface area contributed by atoms with Crippen LogP contribution in [0.2, 0.25) is 0 Å². The van der Waals surface area contributed by atoms with E-state index in [1.54, 1.807) is 18.2 Å². The summed E-state index contributed by atoms with van der Waals surface area (Å²) in [6.07, 6.45) is 41.9. The molecule has 3 unspecified atom stereocenters. The number of allylic oxidation sites excluding steroid dienone is 3. The molecule has 8 atom stereocenters. The predicted octanol–water partition coefficient (Wildman–Crippen LogP) is 9.42. The number of fused-ring (bicyclic) bond motifs is 7. The lowest BCUT2D eigenvalue weighted by Crippen LogP contribution is -2.67. The van der Waals surface area contributed by atoms with Crippen molar-refractivity contribution in [2.75, 3.05) is 39.3 Å². The van der Waals surface area contributed by atoms with Crippen LogP contribution in [-0.4, -0.2) is 60.8 Å². The highest BCUT2D eigenvalue weighted by Crippen LogP contribution is 2.76. The number of carboxylic acids is 1. The van der Waals surface area contributed by atoms with E-state index < -0.39 is 5.97 Å². The highest BCUT2D eigenvalue weighted by atomic mass is 16.4. The summed E-state index contributed by atoms with van der Waals surface area (Å²) < 4.78 is 0. The summed E-state index contributed by atoms with van der Waals surface area (Å²) in [4.78, 5) is 14.2. The van der Waals surface area contributed by atoms with Crippen LogP contribution in [0.15, 0.2) is 43.0 Å². The van der Waals surface area contributed by atoms with E-state index in [1.807, 2.05) is 19.1 Å². The number of hydrogen-bond donors (Lipinski definition) is 3. The van der Waals surface area contributed by atoms with Crippen LogP contribution in [0, 0.1) is 83.9 Å². The monoisotopic (exact) mass is 722 g/mol. The van der Waals surface area contributed by atoms with Crippen molar-refractivity contribution in [1.29, 1.82) is 0 Å². The molecule has 1 saturated heterocycles. The number of rotatable bonds is 6. The maximum atomic E-state index is 11.5. The van der Waals surface area contributed by atoms with Gasteiger partial charge in [0.2, 0.25) is 0 Å². The average molecular weight is 722 g/mol. The molecular formula is C48H71N3O2. The van der Waals surface area contributed by atoms with Crippen molar-refractivity contribution in [2.45, 2.75) is 111 Å². The Bertz CT molecular complexity index is 1450. The molecule has 290 valence electrons. The van der Waals surface area contributed by atoms with Crippen LogP contribution in [-0.2, 0) is 0 Å². The number of hydrogen-bond acceptors (Lipinski definition) is 4. The zero-order chi connectivity index (χ0) is 39.7. The molecule has 0 amide bonds. The van der Waals surface area contributed by atoms with Gasteiger partial charge in [-0.1, -0.05) is 65.3 Å². The van der Waals surface area contributed by atoms with E-state index in [9.17, 15) is 9.90 Å². The van der Waals surface area contributed by atoms with E-state index >= 15 is 0 Å². The minimum Gasteiger partial charge on any atom is -0.478 e. The molecule has 0 radical (unpaired) electrons. The quantitative estimate of drug-likeness (QED) is 0.202. The van der Waals surface area contributed by atoms with Gasteiger partial charge in [-0.15, -0.1) is 45.1 Å². The normalized spacial score (nSPS) is 36.3. The number of aromatic carboxylic acids is 1. The van der Waals surface area contributed by atoms with Crippen LogP contribution >= 0.6 is 0 Å². The first-order chi connectivity index (χ1) is 25.4. The average Bonchev–Trinajstić information content (AvgIpc) is 3.59. The molecule has 1 aromatic carbocycles. The molecule has 7 rings (SSSR count). The number of nitrogens with one attached hydrogen (secondary N) is 2. The van der Waals surface area contributed by atoms with Crippen LogP contribution in [0.1, 0.15) is 122 Å². The van der Waals surface area contributed by atoms with Crippen molar-refractivity contribution in [1.82, 2.24) is 15.5 Å². The number of carbonyl (C=O) groups is 1. The molecule has 5 fully saturated rings. The molecule has 1 aromatic rings. The first-order valence-electron chi connectivity index (χ1n) is 20.2. The van der Waals surface area contributed by atoms with Gasteiger partial charge in [-0.25, -0.2) is 4.79 Å². The second-order valence-corrected chi connectivity index (χ2v) is 17.7. The lowest BCUT2D eigenvalue weighted by Gasteiger charge is -2.72. The summed E-state index contributed by atoms with van der Waals surface area (Å²) in [5, 5.41) is 17.2. The van der Waals surface area contributed by atoms with Gasteiger partial charge in [0.1, 0.15) is 0 Å². The highest BCUT2D eigenvalue weighted by molar-refractivity contribution is 5.88. The summed E-state index contributed by atoms with van der Waals surface area (Å²) in [5.41, 5.74) is 4.58. The summed E-state index contributed by atoms with van der Waals surface area (Å²) in [6.45, 7) is 25.4. The largest absolute Gasteiger partial charge is 0.478 e. The molecule has 6 aliphatic rings. The van der Waals surface area contributed by atoms with Crippen LogP contribution < -0.4 is 10.6 Å². The summed E-state index contributed by atoms with van der Waals surface area (Å²) in [7, 11) is 0. The molecule has 5 nitrogen and oxygen atoms in total. The molecule has 5 aliphatic carbocycles. The number of carboxylic acid groups (broad SMARTS) is 1. The lowest BCUT2D eigenvalue weighted by molar-refractivity contribution is -0.217. The number of benzene rings is 1. The Morgan fingerprint density at radius 3 is 2.09 bits per heavy atom. The fourth-order valence-corrected chi connectivity index (χ4v) is 13.2. The van der Waals surface area contributed by atoms with Crippen molar-refractivity contribution >= 4 is 11.5 Å². The van der Waals surface area contributed by atoms with Crippen LogP contribution in [0.3, 0.4) is 0 Å². The van der Waals surface area contributed by atoms with Crippen molar-refractivity contribution in [3.8, 4) is 38.5 Å². The Morgan fingerprint density at radius 2 is 1.49 bits per heavy atom. The van der Waals surface area contributed by atoms with Gasteiger partial charge >= 0.3 is 5.97 Å². The SMILES string of the molecule is C#C.C#C.C#C.C=CC.CC1(C)C(c2ccc(C(=O)O)cc2)=CC[C@@]2(C)C1CC[C@]1(C)C2CC[C@@H]2C3CCC[C@]3(NCCN3CCNCC3)CC[C@]21C. The number of nitrogens with zero attached hydrogens (tertiary/aromatic N) is 1. The van der Waals surface area contributed by atoms with Gasteiger partial charge in [-0.2, -0.15) is 0 Å². The van der Waals surface area contributed by atoms with Gasteiger partial charge in [-0.05, 0) is 133 Å². The summed E-state index contributed by atoms with van der Waals surface area (Å²) in [6, 6.07) is 7.67. The number of terminal acetylenes is 3. The standard InChI is InChI=1S/C39H59N3O2.C3H6.3C2H2/c1-35(2)29(27-8-10-28(11-9-27)34(43)44)14-17-36(3)32(35)15-18-38(5)33(36)13-12-30-31-7-6-16-39(31,20-19-37(30,38)4)41-23-26-42-24-21-40-22-25-42;1-3-2;3*1-2/h8-11,14,30-33,40-41H,6-7,12-13,15-26H2,1-5H3,(H,43,44);3H,1H2,2H3;3*1-2H/t30-,31?,32?,33?,36+,37-,38-,39+;;;;/m1..../s1. The number of piperazine rings is 1. The fourth-order valence-electron chi connectivity index (χ4n) is 13.2. The Hall–Kier alpha value is -3.27. The Balaban J connectivity index is 0.000000777. The molecule has 53 heavy (non-hydrogen) atoms. The third kappa shape index (κ3) is 7.95. The third-order valence-electron chi connectivity index (χ3n) is 15.5. The molecule has 1 heterocycles. The Labute approximate surface area is 324 Å². The second kappa shape index (κ2) is 18.4. The van der Waals surface area contributed by atoms with Gasteiger partial charge in [-0.3, -0.25) is 4.90 Å². The molecule has 4 saturated carbocycles. The smallest absolute Gasteiger partial charge is 0.335 e. The van der Waals surface area contributed by atoms with Crippen LogP contribution in [0.5, 0.6) is 0 Å². The molecule has 5 heteroatoms. The molecule has 0 spiro atoms. The third-order valence-corrected chi connectivity index (χ3v) is 15.5. The van der Waals surface area contributed by atoms with E-state index in [0.29, 0.717) is 33.3 Å². The van der Waals surface area contributed by atoms with E-state index in [1.165, 1.54) is 88.6 Å². The van der Waals surface area contributed by atoms with Gasteiger partial charge in [0.05, 0.1) is 5.56 Å². The lowest BCUT2D eigenvalue weighted by atomic mass is 9.33. The van der Waals surface area contributed by atoms with Crippen molar-refractivity contribution in [3.63, 3.8) is 0 Å². The van der Waals surface area contributed by atoms with Crippen molar-refractivity contribution < 1.29 is 9.90 Å². The van der Waals surface area contributed by atoms with E-state index in [0.717, 1.165) is 43.8 Å². The molecule has 0 aromatic heterocycles. The Kier molecular flexibility index (Phi) is 15.3. The maximum Gasteiger partial charge on any atom is 0.335 e. The topological polar surface area (TPSA) is 64.6 Å². The van der Waals surface area contributed by atoms with Gasteiger partial charge in [0.15, 0.2) is 0 Å². The minimum absolute atomic E-state index is 0.0678. The minimum atomic E-state index is -0.847. The molecule has 3 N–H and O–H groups in total. The van der Waals surface area contributed by atoms with Crippen LogP contribution in [0.4, 0.5) is 0 Å². The summed E-state index contributed by atoms with van der Waals surface area (Å²) in [5.74, 6) is 2.25. The first kappa shape index (κ1) is 44.1. The first-order valence-corrected chi connectivity index (χ1v) is 20.2. The zero-order valence-corrected chi connectivity index (χ0v) is 34.1. The summed E-state index contributed by atoms with van der Waals surface area (Å²) >= 11 is 0. The predicted molar refractivity (Wildman–Crippen MR) is 225 cm³/mol. The van der Waals surface area contributed by atoms with Gasteiger partial charge in [0, 0.05) is 44.8 Å². The van der Waals surface area contributed by atoms with E-state index in [-0.39, 0.29) is 5.41 Å². The molecular weight excluding hydrogens is 651 g/mol. The van der Waals surface area contributed by atoms with Crippen molar-refractivity contribution in [3.05, 3.63) is 54.1 Å². The highest BCUT2D eigenvalue weighted by Gasteiger charge is 2.69.